The third kappa shape index (κ3) is 4.79. The van der Waals surface area contributed by atoms with Crippen molar-refractivity contribution in [2.24, 2.45) is 0 Å². The van der Waals surface area contributed by atoms with Crippen molar-refractivity contribution in [2.75, 3.05) is 0 Å². The van der Waals surface area contributed by atoms with Crippen molar-refractivity contribution in [3.05, 3.63) is 95.5 Å². The van der Waals surface area contributed by atoms with Gasteiger partial charge in [0.05, 0.1) is 32.7 Å². The smallest absolute Gasteiger partial charge is 0.279 e. The maximum Gasteiger partial charge on any atom is 0.279 e. The van der Waals surface area contributed by atoms with Crippen molar-refractivity contribution in [1.29, 1.82) is 0 Å². The second-order valence-corrected chi connectivity index (χ2v) is 7.17. The average molecular weight is 412 g/mol. The van der Waals surface area contributed by atoms with Crippen molar-refractivity contribution >= 4 is 28.6 Å². The van der Waals surface area contributed by atoms with E-state index in [1.54, 1.807) is 0 Å². The van der Waals surface area contributed by atoms with Gasteiger partial charge in [-0.1, -0.05) is 30.3 Å². The van der Waals surface area contributed by atoms with Crippen molar-refractivity contribution in [2.45, 2.75) is 19.9 Å². The highest BCUT2D eigenvalue weighted by Crippen LogP contribution is 2.29. The minimum atomic E-state index is -0.741. The SMILES string of the molecule is Cc1c([N+](=O)[O-])cc(C(=O)NCc2csc(Cc3ccccc3)n2)cc1[N+](=O)[O-]. The second-order valence-electron chi connectivity index (χ2n) is 6.23. The standard InChI is InChI=1S/C19H16N4O5S/c1-12-16(22(25)26)8-14(9-17(12)23(27)28)19(24)20-10-15-11-29-18(21-15)7-13-5-3-2-4-6-13/h2-6,8-9,11H,7,10H2,1H3,(H,20,24). The van der Waals surface area contributed by atoms with Gasteiger partial charge in [-0.05, 0) is 12.5 Å². The minimum absolute atomic E-state index is 0.0957. The number of nitrogens with one attached hydrogen (secondary N) is 1. The van der Waals surface area contributed by atoms with Crippen LogP contribution in [0.25, 0.3) is 0 Å². The molecule has 1 amide bonds. The van der Waals surface area contributed by atoms with Crippen LogP contribution >= 0.6 is 11.3 Å². The van der Waals surface area contributed by atoms with Gasteiger partial charge in [0.15, 0.2) is 0 Å². The van der Waals surface area contributed by atoms with E-state index in [1.165, 1.54) is 18.3 Å². The van der Waals surface area contributed by atoms with E-state index >= 15 is 0 Å². The molecule has 0 saturated carbocycles. The molecule has 0 aliphatic heterocycles. The van der Waals surface area contributed by atoms with Crippen LogP contribution in [0.15, 0.2) is 47.8 Å². The molecule has 1 heterocycles. The molecule has 9 nitrogen and oxygen atoms in total. The molecule has 1 aromatic heterocycles. The normalized spacial score (nSPS) is 10.5. The van der Waals surface area contributed by atoms with Gasteiger partial charge in [-0.15, -0.1) is 11.3 Å². The van der Waals surface area contributed by atoms with Gasteiger partial charge in [-0.3, -0.25) is 25.0 Å². The molecule has 0 aliphatic rings. The number of carbonyl (C=O) groups excluding carboxylic acids is 1. The molecule has 3 rings (SSSR count). The van der Waals surface area contributed by atoms with Crippen LogP contribution in [0.2, 0.25) is 0 Å². The fraction of sp³-hybridized carbons (Fsp3) is 0.158. The van der Waals surface area contributed by atoms with E-state index in [4.69, 9.17) is 0 Å². The Bertz CT molecular complexity index is 1050. The van der Waals surface area contributed by atoms with Gasteiger partial charge in [-0.2, -0.15) is 0 Å². The van der Waals surface area contributed by atoms with Crippen LogP contribution in [-0.2, 0) is 13.0 Å². The number of nitro benzene ring substituents is 2. The first kappa shape index (κ1) is 20.1. The van der Waals surface area contributed by atoms with E-state index in [2.05, 4.69) is 10.3 Å². The zero-order valence-electron chi connectivity index (χ0n) is 15.3. The van der Waals surface area contributed by atoms with E-state index < -0.39 is 27.1 Å². The third-order valence-electron chi connectivity index (χ3n) is 4.24. The first-order chi connectivity index (χ1) is 13.8. The quantitative estimate of drug-likeness (QED) is 0.464. The van der Waals surface area contributed by atoms with Crippen molar-refractivity contribution in [3.8, 4) is 0 Å². The van der Waals surface area contributed by atoms with Gasteiger partial charge >= 0.3 is 0 Å². The van der Waals surface area contributed by atoms with E-state index in [-0.39, 0.29) is 17.7 Å². The van der Waals surface area contributed by atoms with E-state index in [0.717, 1.165) is 22.7 Å². The Morgan fingerprint density at radius 3 is 2.31 bits per heavy atom. The molecule has 0 spiro atoms. The molecule has 29 heavy (non-hydrogen) atoms. The van der Waals surface area contributed by atoms with Crippen LogP contribution in [0.1, 0.15) is 32.2 Å². The number of hydrogen-bond acceptors (Lipinski definition) is 7. The molecular formula is C19H16N4O5S. The largest absolute Gasteiger partial charge is 0.346 e. The van der Waals surface area contributed by atoms with Crippen LogP contribution in [0.5, 0.6) is 0 Å². The molecule has 0 unspecified atom stereocenters. The second kappa shape index (κ2) is 8.57. The molecule has 1 N–H and O–H groups in total. The summed E-state index contributed by atoms with van der Waals surface area (Å²) in [7, 11) is 0. The Morgan fingerprint density at radius 1 is 1.10 bits per heavy atom. The van der Waals surface area contributed by atoms with Gasteiger partial charge < -0.3 is 5.32 Å². The lowest BCUT2D eigenvalue weighted by molar-refractivity contribution is -0.395. The molecule has 148 valence electrons. The maximum absolute atomic E-state index is 12.4. The molecule has 10 heteroatoms. The van der Waals surface area contributed by atoms with Gasteiger partial charge in [0.25, 0.3) is 17.3 Å². The summed E-state index contributed by atoms with van der Waals surface area (Å²) in [5.74, 6) is -0.645. The Hall–Kier alpha value is -3.66. The Labute approximate surface area is 169 Å². The van der Waals surface area contributed by atoms with Crippen molar-refractivity contribution in [3.63, 3.8) is 0 Å². The molecule has 0 atom stereocenters. The Kier molecular flexibility index (Phi) is 5.93. The summed E-state index contributed by atoms with van der Waals surface area (Å²) in [4.78, 5) is 37.7. The summed E-state index contributed by atoms with van der Waals surface area (Å²) >= 11 is 1.47. The minimum Gasteiger partial charge on any atom is -0.346 e. The Balaban J connectivity index is 1.71. The fourth-order valence-electron chi connectivity index (χ4n) is 2.75. The van der Waals surface area contributed by atoms with E-state index in [0.29, 0.717) is 12.1 Å². The zero-order valence-corrected chi connectivity index (χ0v) is 16.1. The van der Waals surface area contributed by atoms with Crippen molar-refractivity contribution < 1.29 is 14.6 Å². The van der Waals surface area contributed by atoms with Crippen LogP contribution in [0.4, 0.5) is 11.4 Å². The van der Waals surface area contributed by atoms with Crippen LogP contribution in [0.3, 0.4) is 0 Å². The summed E-state index contributed by atoms with van der Waals surface area (Å²) in [6.07, 6.45) is 0.676. The lowest BCUT2D eigenvalue weighted by Crippen LogP contribution is -2.23. The number of nitro groups is 2. The molecule has 0 bridgehead atoms. The van der Waals surface area contributed by atoms with Crippen molar-refractivity contribution in [1.82, 2.24) is 10.3 Å². The highest BCUT2D eigenvalue weighted by atomic mass is 32.1. The third-order valence-corrected chi connectivity index (χ3v) is 5.13. The van der Waals surface area contributed by atoms with E-state index in [9.17, 15) is 25.0 Å². The summed E-state index contributed by atoms with van der Waals surface area (Å²) in [5.41, 5.74) is 0.587. The van der Waals surface area contributed by atoms with Crippen LogP contribution in [-0.4, -0.2) is 20.7 Å². The van der Waals surface area contributed by atoms with Gasteiger partial charge in [0.2, 0.25) is 0 Å². The molecular weight excluding hydrogens is 396 g/mol. The van der Waals surface area contributed by atoms with Gasteiger partial charge in [0.1, 0.15) is 5.56 Å². The summed E-state index contributed by atoms with van der Waals surface area (Å²) < 4.78 is 0. The number of hydrogen-bond donors (Lipinski definition) is 1. The molecule has 0 saturated heterocycles. The number of benzene rings is 2. The summed E-state index contributed by atoms with van der Waals surface area (Å²) in [5, 5.41) is 27.6. The Morgan fingerprint density at radius 2 is 1.72 bits per heavy atom. The van der Waals surface area contributed by atoms with Gasteiger partial charge in [-0.25, -0.2) is 4.98 Å². The predicted octanol–water partition coefficient (Wildman–Crippen LogP) is 3.79. The number of rotatable bonds is 7. The average Bonchev–Trinajstić information content (AvgIpc) is 3.14. The van der Waals surface area contributed by atoms with Crippen LogP contribution in [0, 0.1) is 27.2 Å². The lowest BCUT2D eigenvalue weighted by atomic mass is 10.1. The fourth-order valence-corrected chi connectivity index (χ4v) is 3.58. The molecule has 3 aromatic rings. The first-order valence-corrected chi connectivity index (χ1v) is 9.42. The molecule has 0 aliphatic carbocycles. The molecule has 0 radical (unpaired) electrons. The molecule has 2 aromatic carbocycles. The summed E-state index contributed by atoms with van der Waals surface area (Å²) in [6.45, 7) is 1.39. The number of amides is 1. The van der Waals surface area contributed by atoms with Crippen LogP contribution < -0.4 is 5.32 Å². The number of thiazole rings is 1. The topological polar surface area (TPSA) is 128 Å². The van der Waals surface area contributed by atoms with E-state index in [1.807, 2.05) is 35.7 Å². The maximum atomic E-state index is 12.4. The zero-order chi connectivity index (χ0) is 21.0. The number of aromatic nitrogens is 1. The lowest BCUT2D eigenvalue weighted by Gasteiger charge is -2.06. The number of carbonyl (C=O) groups is 1. The highest BCUT2D eigenvalue weighted by molar-refractivity contribution is 7.09. The summed E-state index contributed by atoms with van der Waals surface area (Å²) in [6, 6.07) is 11.9. The number of nitrogens with zero attached hydrogens (tertiary/aromatic N) is 3. The highest BCUT2D eigenvalue weighted by Gasteiger charge is 2.25. The first-order valence-electron chi connectivity index (χ1n) is 8.54. The van der Waals surface area contributed by atoms with Gasteiger partial charge in [0, 0.05) is 23.9 Å². The predicted molar refractivity (Wildman–Crippen MR) is 107 cm³/mol. The molecule has 0 fully saturated rings. The monoisotopic (exact) mass is 412 g/mol.